The number of nitrogens with one attached hydrogen (secondary N) is 2. The standard InChI is InChI=1S/C18H28N4O2/c1-12-7-8-15(20-17(23)11-22(2)3)16(9-12)21-18(24)13-5-4-6-14(19)10-13/h7-9,13-14H,4-6,10-11,19H2,1-3H3,(H,20,23)(H,21,24)/t13-,14+/m1/s1. The summed E-state index contributed by atoms with van der Waals surface area (Å²) in [5, 5.41) is 5.84. The Morgan fingerprint density at radius 2 is 1.96 bits per heavy atom. The van der Waals surface area contributed by atoms with Crippen molar-refractivity contribution in [2.45, 2.75) is 38.6 Å². The lowest BCUT2D eigenvalue weighted by Crippen LogP contribution is -2.34. The van der Waals surface area contributed by atoms with Gasteiger partial charge in [0.2, 0.25) is 11.8 Å². The molecule has 2 amide bonds. The number of rotatable bonds is 5. The summed E-state index contributed by atoms with van der Waals surface area (Å²) in [6.45, 7) is 2.25. The summed E-state index contributed by atoms with van der Waals surface area (Å²) < 4.78 is 0. The highest BCUT2D eigenvalue weighted by molar-refractivity contribution is 6.00. The SMILES string of the molecule is Cc1ccc(NC(=O)CN(C)C)c(NC(=O)[C@@H]2CCC[C@H](N)C2)c1. The lowest BCUT2D eigenvalue weighted by Gasteiger charge is -2.26. The fraction of sp³-hybridized carbons (Fsp3) is 0.556. The van der Waals surface area contributed by atoms with E-state index in [1.807, 2.05) is 39.2 Å². The first kappa shape index (κ1) is 18.4. The number of carbonyl (C=O) groups is 2. The number of hydrogen-bond donors (Lipinski definition) is 3. The van der Waals surface area contributed by atoms with Crippen LogP contribution in [0.25, 0.3) is 0 Å². The Morgan fingerprint density at radius 1 is 1.21 bits per heavy atom. The molecule has 132 valence electrons. The molecule has 1 aliphatic rings. The molecular formula is C18H28N4O2. The quantitative estimate of drug-likeness (QED) is 0.769. The molecule has 2 rings (SSSR count). The average Bonchev–Trinajstić information content (AvgIpc) is 2.49. The van der Waals surface area contributed by atoms with Gasteiger partial charge in [0, 0.05) is 12.0 Å². The van der Waals surface area contributed by atoms with Gasteiger partial charge in [0.25, 0.3) is 0 Å². The molecule has 1 saturated carbocycles. The fourth-order valence-electron chi connectivity index (χ4n) is 3.05. The van der Waals surface area contributed by atoms with Crippen LogP contribution in [0.5, 0.6) is 0 Å². The van der Waals surface area contributed by atoms with E-state index in [1.54, 1.807) is 4.90 Å². The molecule has 1 aromatic rings. The maximum atomic E-state index is 12.6. The van der Waals surface area contributed by atoms with Crippen molar-refractivity contribution in [3.8, 4) is 0 Å². The molecule has 6 heteroatoms. The van der Waals surface area contributed by atoms with Crippen LogP contribution in [-0.4, -0.2) is 43.4 Å². The Hall–Kier alpha value is -1.92. The molecule has 0 spiro atoms. The molecule has 2 atom stereocenters. The Labute approximate surface area is 143 Å². The molecule has 24 heavy (non-hydrogen) atoms. The van der Waals surface area contributed by atoms with E-state index >= 15 is 0 Å². The molecular weight excluding hydrogens is 304 g/mol. The van der Waals surface area contributed by atoms with Crippen molar-refractivity contribution in [1.29, 1.82) is 0 Å². The van der Waals surface area contributed by atoms with Gasteiger partial charge < -0.3 is 21.3 Å². The highest BCUT2D eigenvalue weighted by atomic mass is 16.2. The third-order valence-electron chi connectivity index (χ3n) is 4.25. The van der Waals surface area contributed by atoms with Gasteiger partial charge in [-0.15, -0.1) is 0 Å². The van der Waals surface area contributed by atoms with Crippen LogP contribution in [0.15, 0.2) is 18.2 Å². The Bertz CT molecular complexity index is 601. The summed E-state index contributed by atoms with van der Waals surface area (Å²) in [5.74, 6) is -0.183. The smallest absolute Gasteiger partial charge is 0.238 e. The highest BCUT2D eigenvalue weighted by Gasteiger charge is 2.26. The van der Waals surface area contributed by atoms with Crippen LogP contribution in [0.4, 0.5) is 11.4 Å². The molecule has 0 saturated heterocycles. The summed E-state index contributed by atoms with van der Waals surface area (Å²) in [7, 11) is 3.67. The Kier molecular flexibility index (Phi) is 6.34. The zero-order chi connectivity index (χ0) is 17.7. The normalized spacial score (nSPS) is 20.7. The number of anilines is 2. The van der Waals surface area contributed by atoms with Crippen molar-refractivity contribution in [3.05, 3.63) is 23.8 Å². The summed E-state index contributed by atoms with van der Waals surface area (Å²) in [6.07, 6.45) is 3.56. The number of amides is 2. The van der Waals surface area contributed by atoms with E-state index in [0.29, 0.717) is 17.9 Å². The predicted molar refractivity (Wildman–Crippen MR) is 96.9 cm³/mol. The van der Waals surface area contributed by atoms with Crippen LogP contribution in [0.3, 0.4) is 0 Å². The van der Waals surface area contributed by atoms with E-state index in [4.69, 9.17) is 5.73 Å². The van der Waals surface area contributed by atoms with Crippen molar-refractivity contribution < 1.29 is 9.59 Å². The molecule has 6 nitrogen and oxygen atoms in total. The monoisotopic (exact) mass is 332 g/mol. The van der Waals surface area contributed by atoms with Gasteiger partial charge in [0.15, 0.2) is 0 Å². The van der Waals surface area contributed by atoms with Crippen LogP contribution in [0.2, 0.25) is 0 Å². The summed E-state index contributed by atoms with van der Waals surface area (Å²) in [5.41, 5.74) is 8.28. The minimum Gasteiger partial charge on any atom is -0.328 e. The second kappa shape index (κ2) is 8.26. The zero-order valence-electron chi connectivity index (χ0n) is 14.8. The van der Waals surface area contributed by atoms with E-state index < -0.39 is 0 Å². The number of nitrogens with zero attached hydrogens (tertiary/aromatic N) is 1. The second-order valence-corrected chi connectivity index (χ2v) is 6.95. The van der Waals surface area contributed by atoms with E-state index in [2.05, 4.69) is 10.6 Å². The molecule has 1 aliphatic carbocycles. The lowest BCUT2D eigenvalue weighted by atomic mass is 9.85. The van der Waals surface area contributed by atoms with Crippen LogP contribution in [-0.2, 0) is 9.59 Å². The molecule has 0 radical (unpaired) electrons. The number of hydrogen-bond acceptors (Lipinski definition) is 4. The molecule has 0 aromatic heterocycles. The first-order valence-corrected chi connectivity index (χ1v) is 8.47. The van der Waals surface area contributed by atoms with Crippen LogP contribution in [0.1, 0.15) is 31.2 Å². The van der Waals surface area contributed by atoms with Gasteiger partial charge in [0.1, 0.15) is 0 Å². The third kappa shape index (κ3) is 5.32. The minimum absolute atomic E-state index is 0.0149. The number of aryl methyl sites for hydroxylation is 1. The first-order valence-electron chi connectivity index (χ1n) is 8.47. The fourth-order valence-corrected chi connectivity index (χ4v) is 3.05. The number of benzene rings is 1. The summed E-state index contributed by atoms with van der Waals surface area (Å²) >= 11 is 0. The number of nitrogens with two attached hydrogens (primary N) is 1. The van der Waals surface area contributed by atoms with Crippen LogP contribution >= 0.6 is 0 Å². The largest absolute Gasteiger partial charge is 0.328 e. The first-order chi connectivity index (χ1) is 11.3. The molecule has 0 aliphatic heterocycles. The van der Waals surface area contributed by atoms with Gasteiger partial charge in [-0.3, -0.25) is 9.59 Å². The van der Waals surface area contributed by atoms with Crippen LogP contribution < -0.4 is 16.4 Å². The molecule has 0 heterocycles. The molecule has 0 unspecified atom stereocenters. The zero-order valence-corrected chi connectivity index (χ0v) is 14.8. The van der Waals surface area contributed by atoms with Crippen molar-refractivity contribution >= 4 is 23.2 Å². The van der Waals surface area contributed by atoms with Crippen molar-refractivity contribution in [1.82, 2.24) is 4.90 Å². The number of likely N-dealkylation sites (N-methyl/N-ethyl adjacent to an activating group) is 1. The van der Waals surface area contributed by atoms with E-state index in [-0.39, 0.29) is 23.8 Å². The average molecular weight is 332 g/mol. The van der Waals surface area contributed by atoms with Crippen molar-refractivity contribution in [3.63, 3.8) is 0 Å². The topological polar surface area (TPSA) is 87.5 Å². The molecule has 1 fully saturated rings. The summed E-state index contributed by atoms with van der Waals surface area (Å²) in [4.78, 5) is 26.4. The highest BCUT2D eigenvalue weighted by Crippen LogP contribution is 2.27. The van der Waals surface area contributed by atoms with Gasteiger partial charge in [-0.05, 0) is 58.0 Å². The van der Waals surface area contributed by atoms with Gasteiger partial charge in [-0.2, -0.15) is 0 Å². The van der Waals surface area contributed by atoms with E-state index in [0.717, 1.165) is 31.2 Å². The van der Waals surface area contributed by atoms with Crippen molar-refractivity contribution in [2.24, 2.45) is 11.7 Å². The summed E-state index contributed by atoms with van der Waals surface area (Å²) in [6, 6.07) is 5.72. The predicted octanol–water partition coefficient (Wildman–Crippen LogP) is 1.95. The molecule has 1 aromatic carbocycles. The number of carbonyl (C=O) groups excluding carboxylic acids is 2. The lowest BCUT2D eigenvalue weighted by molar-refractivity contribution is -0.121. The Balaban J connectivity index is 2.09. The molecule has 4 N–H and O–H groups in total. The van der Waals surface area contributed by atoms with Gasteiger partial charge in [0.05, 0.1) is 17.9 Å². The second-order valence-electron chi connectivity index (χ2n) is 6.95. The van der Waals surface area contributed by atoms with E-state index in [9.17, 15) is 9.59 Å². The molecule has 0 bridgehead atoms. The van der Waals surface area contributed by atoms with Gasteiger partial charge in [-0.1, -0.05) is 12.5 Å². The van der Waals surface area contributed by atoms with Gasteiger partial charge in [-0.25, -0.2) is 0 Å². The third-order valence-corrected chi connectivity index (χ3v) is 4.25. The van der Waals surface area contributed by atoms with Crippen molar-refractivity contribution in [2.75, 3.05) is 31.3 Å². The maximum Gasteiger partial charge on any atom is 0.238 e. The van der Waals surface area contributed by atoms with Gasteiger partial charge >= 0.3 is 0 Å². The Morgan fingerprint density at radius 3 is 2.62 bits per heavy atom. The minimum atomic E-state index is -0.112. The maximum absolute atomic E-state index is 12.6. The van der Waals surface area contributed by atoms with E-state index in [1.165, 1.54) is 0 Å². The van der Waals surface area contributed by atoms with Crippen LogP contribution in [0, 0.1) is 12.8 Å².